The van der Waals surface area contributed by atoms with E-state index in [0.29, 0.717) is 12.2 Å². The number of carbonyl (C=O) groups excluding carboxylic acids is 1. The average molecular weight is 282 g/mol. The van der Waals surface area contributed by atoms with Crippen LogP contribution in [-0.4, -0.2) is 17.5 Å². The topological polar surface area (TPSA) is 51.2 Å². The highest BCUT2D eigenvalue weighted by atomic mass is 16.5. The number of nitrogens with one attached hydrogen (secondary N) is 1. The molecule has 1 aromatic carbocycles. The minimum absolute atomic E-state index is 0.0715. The standard InChI is InChI=1S/C17H18N2O2/c1-11-3-4-15(10-18-11)12(2)19-17(20)14-5-6-16-13(9-14)7-8-21-16/h3-6,9-10,12H,7-8H2,1-2H3,(H,19,20)/t12-/m0/s1. The molecule has 0 bridgehead atoms. The Hall–Kier alpha value is -2.36. The molecule has 108 valence electrons. The van der Waals surface area contributed by atoms with Crippen molar-refractivity contribution in [1.29, 1.82) is 0 Å². The number of fused-ring (bicyclic) bond motifs is 1. The first-order valence-electron chi connectivity index (χ1n) is 7.12. The SMILES string of the molecule is Cc1ccc([C@H](C)NC(=O)c2ccc3c(c2)CCO3)cn1. The maximum Gasteiger partial charge on any atom is 0.251 e. The van der Waals surface area contributed by atoms with Crippen molar-refractivity contribution >= 4 is 5.91 Å². The number of hydrogen-bond donors (Lipinski definition) is 1. The Kier molecular flexibility index (Phi) is 3.60. The number of aromatic nitrogens is 1. The average Bonchev–Trinajstić information content (AvgIpc) is 2.95. The zero-order chi connectivity index (χ0) is 14.8. The lowest BCUT2D eigenvalue weighted by Gasteiger charge is -2.14. The molecule has 21 heavy (non-hydrogen) atoms. The van der Waals surface area contributed by atoms with Crippen LogP contribution >= 0.6 is 0 Å². The van der Waals surface area contributed by atoms with Gasteiger partial charge in [-0.25, -0.2) is 0 Å². The van der Waals surface area contributed by atoms with Crippen LogP contribution in [0.4, 0.5) is 0 Å². The molecule has 2 heterocycles. The minimum Gasteiger partial charge on any atom is -0.493 e. The van der Waals surface area contributed by atoms with Crippen molar-refractivity contribution in [3.63, 3.8) is 0 Å². The van der Waals surface area contributed by atoms with Crippen LogP contribution in [0.3, 0.4) is 0 Å². The summed E-state index contributed by atoms with van der Waals surface area (Å²) in [4.78, 5) is 16.6. The predicted molar refractivity (Wildman–Crippen MR) is 80.5 cm³/mol. The van der Waals surface area contributed by atoms with Gasteiger partial charge in [-0.1, -0.05) is 6.07 Å². The predicted octanol–water partition coefficient (Wildman–Crippen LogP) is 2.82. The van der Waals surface area contributed by atoms with E-state index in [4.69, 9.17) is 4.74 Å². The molecule has 1 aliphatic heterocycles. The normalized spacial score (nSPS) is 14.2. The summed E-state index contributed by atoms with van der Waals surface area (Å²) in [6.45, 7) is 4.60. The summed E-state index contributed by atoms with van der Waals surface area (Å²) >= 11 is 0. The Morgan fingerprint density at radius 3 is 2.95 bits per heavy atom. The van der Waals surface area contributed by atoms with Crippen LogP contribution in [0.2, 0.25) is 0 Å². The molecule has 0 fully saturated rings. The summed E-state index contributed by atoms with van der Waals surface area (Å²) in [5, 5.41) is 3.00. The number of rotatable bonds is 3. The molecule has 1 atom stereocenters. The quantitative estimate of drug-likeness (QED) is 0.941. The van der Waals surface area contributed by atoms with E-state index in [1.165, 1.54) is 0 Å². The molecule has 3 rings (SSSR count). The number of aryl methyl sites for hydroxylation is 1. The van der Waals surface area contributed by atoms with E-state index < -0.39 is 0 Å². The first-order chi connectivity index (χ1) is 10.1. The third kappa shape index (κ3) is 2.89. The Balaban J connectivity index is 1.72. The fourth-order valence-electron chi connectivity index (χ4n) is 2.43. The molecule has 0 saturated carbocycles. The van der Waals surface area contributed by atoms with Crippen molar-refractivity contribution in [2.45, 2.75) is 26.3 Å². The Morgan fingerprint density at radius 2 is 2.19 bits per heavy atom. The molecule has 1 aromatic heterocycles. The van der Waals surface area contributed by atoms with E-state index in [9.17, 15) is 4.79 Å². The number of hydrogen-bond acceptors (Lipinski definition) is 3. The molecular formula is C17H18N2O2. The lowest BCUT2D eigenvalue weighted by Crippen LogP contribution is -2.26. The fourth-order valence-corrected chi connectivity index (χ4v) is 2.43. The molecule has 0 radical (unpaired) electrons. The van der Waals surface area contributed by atoms with Gasteiger partial charge < -0.3 is 10.1 Å². The van der Waals surface area contributed by atoms with Gasteiger partial charge in [-0.05, 0) is 49.2 Å². The van der Waals surface area contributed by atoms with Gasteiger partial charge in [0.2, 0.25) is 0 Å². The number of nitrogens with zero attached hydrogens (tertiary/aromatic N) is 1. The van der Waals surface area contributed by atoms with Gasteiger partial charge in [0.05, 0.1) is 12.6 Å². The maximum absolute atomic E-state index is 12.3. The van der Waals surface area contributed by atoms with E-state index in [1.807, 2.05) is 38.1 Å². The van der Waals surface area contributed by atoms with Crippen molar-refractivity contribution in [1.82, 2.24) is 10.3 Å². The highest BCUT2D eigenvalue weighted by Gasteiger charge is 2.16. The van der Waals surface area contributed by atoms with Crippen LogP contribution < -0.4 is 10.1 Å². The summed E-state index contributed by atoms with van der Waals surface area (Å²) in [6, 6.07) is 9.46. The first kappa shape index (κ1) is 13.6. The monoisotopic (exact) mass is 282 g/mol. The van der Waals surface area contributed by atoms with Crippen molar-refractivity contribution in [3.05, 3.63) is 58.9 Å². The zero-order valence-electron chi connectivity index (χ0n) is 12.2. The van der Waals surface area contributed by atoms with Crippen LogP contribution in [0.25, 0.3) is 0 Å². The first-order valence-corrected chi connectivity index (χ1v) is 7.12. The molecule has 0 unspecified atom stereocenters. The second-order valence-electron chi connectivity index (χ2n) is 5.35. The van der Waals surface area contributed by atoms with Crippen LogP contribution in [-0.2, 0) is 6.42 Å². The molecule has 1 N–H and O–H groups in total. The Morgan fingerprint density at radius 1 is 1.33 bits per heavy atom. The molecule has 0 saturated heterocycles. The zero-order valence-corrected chi connectivity index (χ0v) is 12.2. The van der Waals surface area contributed by atoms with Crippen LogP contribution in [0.15, 0.2) is 36.5 Å². The molecule has 1 amide bonds. The third-order valence-corrected chi connectivity index (χ3v) is 3.73. The van der Waals surface area contributed by atoms with Crippen LogP contribution in [0.5, 0.6) is 5.75 Å². The summed E-state index contributed by atoms with van der Waals surface area (Å²) < 4.78 is 5.45. The van der Waals surface area contributed by atoms with Crippen molar-refractivity contribution in [2.75, 3.05) is 6.61 Å². The largest absolute Gasteiger partial charge is 0.493 e. The van der Waals surface area contributed by atoms with Crippen molar-refractivity contribution in [2.24, 2.45) is 0 Å². The second kappa shape index (κ2) is 5.56. The lowest BCUT2D eigenvalue weighted by atomic mass is 10.1. The number of ether oxygens (including phenoxy) is 1. The number of carbonyl (C=O) groups is 1. The van der Waals surface area contributed by atoms with Gasteiger partial charge in [-0.2, -0.15) is 0 Å². The summed E-state index contributed by atoms with van der Waals surface area (Å²) in [7, 11) is 0. The number of amides is 1. The van der Waals surface area contributed by atoms with Crippen LogP contribution in [0.1, 0.15) is 40.1 Å². The Labute approximate surface area is 124 Å². The van der Waals surface area contributed by atoms with Crippen molar-refractivity contribution < 1.29 is 9.53 Å². The van der Waals surface area contributed by atoms with E-state index >= 15 is 0 Å². The van der Waals surface area contributed by atoms with E-state index in [1.54, 1.807) is 12.3 Å². The summed E-state index contributed by atoms with van der Waals surface area (Å²) in [5.74, 6) is 0.820. The molecule has 4 nitrogen and oxygen atoms in total. The van der Waals surface area contributed by atoms with E-state index in [0.717, 1.165) is 29.0 Å². The van der Waals surface area contributed by atoms with Gasteiger partial charge in [0.1, 0.15) is 5.75 Å². The van der Waals surface area contributed by atoms with Gasteiger partial charge in [0.25, 0.3) is 5.91 Å². The highest BCUT2D eigenvalue weighted by Crippen LogP contribution is 2.26. The molecule has 2 aromatic rings. The van der Waals surface area contributed by atoms with Gasteiger partial charge in [-0.15, -0.1) is 0 Å². The van der Waals surface area contributed by atoms with Gasteiger partial charge in [-0.3, -0.25) is 9.78 Å². The second-order valence-corrected chi connectivity index (χ2v) is 5.35. The van der Waals surface area contributed by atoms with Crippen molar-refractivity contribution in [3.8, 4) is 5.75 Å². The molecule has 4 heteroatoms. The highest BCUT2D eigenvalue weighted by molar-refractivity contribution is 5.94. The van der Waals surface area contributed by atoms with Gasteiger partial charge in [0.15, 0.2) is 0 Å². The smallest absolute Gasteiger partial charge is 0.251 e. The van der Waals surface area contributed by atoms with Gasteiger partial charge in [0, 0.05) is 23.9 Å². The lowest BCUT2D eigenvalue weighted by molar-refractivity contribution is 0.0940. The maximum atomic E-state index is 12.3. The number of benzene rings is 1. The fraction of sp³-hybridized carbons (Fsp3) is 0.294. The molecule has 1 aliphatic rings. The summed E-state index contributed by atoms with van der Waals surface area (Å²) in [6.07, 6.45) is 2.67. The van der Waals surface area contributed by atoms with Gasteiger partial charge >= 0.3 is 0 Å². The molecule has 0 spiro atoms. The third-order valence-electron chi connectivity index (χ3n) is 3.73. The van der Waals surface area contributed by atoms with Crippen LogP contribution in [0, 0.1) is 6.92 Å². The number of pyridine rings is 1. The Bertz CT molecular complexity index is 665. The van der Waals surface area contributed by atoms with E-state index in [2.05, 4.69) is 10.3 Å². The molecule has 0 aliphatic carbocycles. The molecular weight excluding hydrogens is 264 g/mol. The minimum atomic E-state index is -0.0740. The summed E-state index contributed by atoms with van der Waals surface area (Å²) in [5.41, 5.74) is 3.74. The van der Waals surface area contributed by atoms with E-state index in [-0.39, 0.29) is 11.9 Å².